The molecule has 1 aromatic heterocycles. The highest BCUT2D eigenvalue weighted by molar-refractivity contribution is 7.73. The summed E-state index contributed by atoms with van der Waals surface area (Å²) in [6, 6.07) is 4.92. The first kappa shape index (κ1) is 23.3. The minimum Gasteiger partial charge on any atom is -0.496 e. The fraction of sp³-hybridized carbons (Fsp3) is 0.316. The Bertz CT molecular complexity index is 1090. The summed E-state index contributed by atoms with van der Waals surface area (Å²) >= 11 is 0. The third kappa shape index (κ3) is 5.10. The lowest BCUT2D eigenvalue weighted by Gasteiger charge is -2.35. The first-order chi connectivity index (χ1) is 15.1. The summed E-state index contributed by atoms with van der Waals surface area (Å²) < 4.78 is 68.6. The van der Waals surface area contributed by atoms with E-state index in [9.17, 15) is 31.2 Å². The zero-order valence-electron chi connectivity index (χ0n) is 16.8. The first-order valence-electron chi connectivity index (χ1n) is 9.30. The lowest BCUT2D eigenvalue weighted by molar-refractivity contribution is -0.138. The van der Waals surface area contributed by atoms with Gasteiger partial charge in [-0.1, -0.05) is 0 Å². The Labute approximate surface area is 182 Å². The van der Waals surface area contributed by atoms with Crippen molar-refractivity contribution in [3.8, 4) is 5.75 Å². The second-order valence-corrected chi connectivity index (χ2v) is 7.53. The Morgan fingerprint density at radius 3 is 2.16 bits per heavy atom. The number of benzene rings is 1. The molecule has 0 spiro atoms. The minimum absolute atomic E-state index is 0.0371. The number of pyridine rings is 1. The smallest absolute Gasteiger partial charge is 0.417 e. The van der Waals surface area contributed by atoms with Crippen molar-refractivity contribution in [1.29, 1.82) is 0 Å². The summed E-state index contributed by atoms with van der Waals surface area (Å²) in [5, 5.41) is 0. The van der Waals surface area contributed by atoms with Crippen molar-refractivity contribution in [2.75, 3.05) is 38.0 Å². The molecule has 2 aromatic rings. The molecular weight excluding hydrogens is 453 g/mol. The molecule has 0 aliphatic carbocycles. The summed E-state index contributed by atoms with van der Waals surface area (Å²) in [5.74, 6) is -1.07. The quantitative estimate of drug-likeness (QED) is 0.641. The maximum absolute atomic E-state index is 13.2. The van der Waals surface area contributed by atoms with Gasteiger partial charge < -0.3 is 14.5 Å². The molecule has 0 bridgehead atoms. The molecule has 1 aliphatic rings. The van der Waals surface area contributed by atoms with E-state index >= 15 is 0 Å². The number of nitrogens with one attached hydrogen (secondary N) is 1. The Kier molecular flexibility index (Phi) is 6.87. The van der Waals surface area contributed by atoms with E-state index in [0.29, 0.717) is 0 Å². The van der Waals surface area contributed by atoms with Gasteiger partial charge in [0.15, 0.2) is 0 Å². The fourth-order valence-corrected chi connectivity index (χ4v) is 3.66. The highest BCUT2D eigenvalue weighted by Gasteiger charge is 2.37. The number of hydrogen-bond donors (Lipinski definition) is 2. The number of halogens is 3. The van der Waals surface area contributed by atoms with Gasteiger partial charge in [0.05, 0.1) is 29.5 Å². The third-order valence-electron chi connectivity index (χ3n) is 4.86. The van der Waals surface area contributed by atoms with Crippen LogP contribution in [0.3, 0.4) is 0 Å². The van der Waals surface area contributed by atoms with Crippen molar-refractivity contribution in [3.63, 3.8) is 0 Å². The lowest BCUT2D eigenvalue weighted by Crippen LogP contribution is -2.50. The molecule has 1 saturated heterocycles. The summed E-state index contributed by atoms with van der Waals surface area (Å²) in [5.41, 5.74) is -1.19. The molecule has 0 saturated carbocycles. The van der Waals surface area contributed by atoms with Crippen molar-refractivity contribution in [2.45, 2.75) is 6.18 Å². The first-order valence-corrected chi connectivity index (χ1v) is 10.5. The van der Waals surface area contributed by atoms with E-state index in [0.717, 1.165) is 18.5 Å². The second kappa shape index (κ2) is 9.42. The van der Waals surface area contributed by atoms with Crippen LogP contribution in [0.1, 0.15) is 26.3 Å². The molecule has 13 heteroatoms. The molecule has 2 heterocycles. The SMILES string of the molecule is COc1cc(N[SH](=O)=O)ccc1C(=O)N1CCN(C(=O)c2cnccc2C(F)(F)F)CC1. The molecule has 3 rings (SSSR count). The molecule has 0 radical (unpaired) electrons. The number of thiol groups is 1. The number of carbonyl (C=O) groups excluding carboxylic acids is 2. The molecule has 2 amide bonds. The van der Waals surface area contributed by atoms with E-state index in [1.807, 2.05) is 0 Å². The van der Waals surface area contributed by atoms with Crippen LogP contribution in [-0.4, -0.2) is 68.3 Å². The van der Waals surface area contributed by atoms with E-state index in [2.05, 4.69) is 9.71 Å². The van der Waals surface area contributed by atoms with Crippen molar-refractivity contribution in [3.05, 3.63) is 53.3 Å². The van der Waals surface area contributed by atoms with E-state index in [4.69, 9.17) is 4.74 Å². The molecule has 1 aliphatic heterocycles. The summed E-state index contributed by atoms with van der Waals surface area (Å²) in [7, 11) is -1.56. The predicted octanol–water partition coefficient (Wildman–Crippen LogP) is 1.65. The topological polar surface area (TPSA) is 109 Å². The van der Waals surface area contributed by atoms with Crippen LogP contribution < -0.4 is 9.46 Å². The minimum atomic E-state index is -4.69. The van der Waals surface area contributed by atoms with Crippen molar-refractivity contribution >= 4 is 28.4 Å². The largest absolute Gasteiger partial charge is 0.496 e. The van der Waals surface area contributed by atoms with E-state index < -0.39 is 40.0 Å². The molecule has 172 valence electrons. The standard InChI is InChI=1S/C19H19F3N4O5S/c1-31-16-10-12(24-32(29)30)2-3-13(16)17(27)25-6-8-26(9-7-25)18(28)14-11-23-5-4-15(14)19(20,21)22/h2-5,10-11,32H,6-9H2,1H3,(H,24,29,30). The number of anilines is 1. The van der Waals surface area contributed by atoms with Crippen LogP contribution >= 0.6 is 0 Å². The van der Waals surface area contributed by atoms with E-state index in [1.54, 1.807) is 0 Å². The number of ether oxygens (including phenoxy) is 1. The number of hydrogen-bond acceptors (Lipinski definition) is 6. The molecular formula is C19H19F3N4O5S. The average Bonchev–Trinajstić information content (AvgIpc) is 2.77. The maximum Gasteiger partial charge on any atom is 0.417 e. The summed E-state index contributed by atoms with van der Waals surface area (Å²) in [4.78, 5) is 31.8. The fourth-order valence-electron chi connectivity index (χ4n) is 3.31. The number of alkyl halides is 3. The van der Waals surface area contributed by atoms with Crippen molar-refractivity contribution in [2.24, 2.45) is 0 Å². The highest BCUT2D eigenvalue weighted by atomic mass is 32.2. The van der Waals surface area contributed by atoms with Crippen molar-refractivity contribution < 1.29 is 35.9 Å². The van der Waals surface area contributed by atoms with Gasteiger partial charge >= 0.3 is 6.18 Å². The summed E-state index contributed by atoms with van der Waals surface area (Å²) in [6.07, 6.45) is -2.83. The number of amides is 2. The Morgan fingerprint density at radius 1 is 1.03 bits per heavy atom. The van der Waals surface area contributed by atoms with Gasteiger partial charge in [0.25, 0.3) is 11.8 Å². The van der Waals surface area contributed by atoms with Crippen LogP contribution in [0.4, 0.5) is 18.9 Å². The number of methoxy groups -OCH3 is 1. The van der Waals surface area contributed by atoms with Gasteiger partial charge in [-0.3, -0.25) is 19.3 Å². The van der Waals surface area contributed by atoms with Gasteiger partial charge in [-0.2, -0.15) is 13.2 Å². The monoisotopic (exact) mass is 472 g/mol. The number of piperazine rings is 1. The number of nitrogens with zero attached hydrogens (tertiary/aromatic N) is 3. The average molecular weight is 472 g/mol. The number of carbonyl (C=O) groups is 2. The van der Waals surface area contributed by atoms with Gasteiger partial charge in [0.2, 0.25) is 10.9 Å². The molecule has 1 aromatic carbocycles. The maximum atomic E-state index is 13.2. The Morgan fingerprint density at radius 2 is 1.62 bits per heavy atom. The Hall–Kier alpha value is -3.35. The molecule has 1 N–H and O–H groups in total. The zero-order valence-corrected chi connectivity index (χ0v) is 17.7. The second-order valence-electron chi connectivity index (χ2n) is 6.79. The number of rotatable bonds is 5. The van der Waals surface area contributed by atoms with E-state index in [1.165, 1.54) is 35.1 Å². The van der Waals surface area contributed by atoms with Crippen LogP contribution in [-0.2, 0) is 17.1 Å². The zero-order chi connectivity index (χ0) is 23.5. The normalized spacial score (nSPS) is 14.4. The molecule has 0 unspecified atom stereocenters. The molecule has 9 nitrogen and oxygen atoms in total. The van der Waals surface area contributed by atoms with Gasteiger partial charge in [-0.15, -0.1) is 0 Å². The molecule has 0 atom stereocenters. The third-order valence-corrected chi connectivity index (χ3v) is 5.30. The summed E-state index contributed by atoms with van der Waals surface area (Å²) in [6.45, 7) is 0.272. The van der Waals surface area contributed by atoms with Crippen molar-refractivity contribution in [1.82, 2.24) is 14.8 Å². The molecule has 32 heavy (non-hydrogen) atoms. The lowest BCUT2D eigenvalue weighted by atomic mass is 10.1. The van der Waals surface area contributed by atoms with Gasteiger partial charge in [-0.25, -0.2) is 8.42 Å². The van der Waals surface area contributed by atoms with E-state index in [-0.39, 0.29) is 43.2 Å². The Balaban J connectivity index is 1.71. The van der Waals surface area contributed by atoms with Crippen LogP contribution in [0.2, 0.25) is 0 Å². The van der Waals surface area contributed by atoms with Gasteiger partial charge in [-0.05, 0) is 18.2 Å². The van der Waals surface area contributed by atoms with Crippen LogP contribution in [0.25, 0.3) is 0 Å². The van der Waals surface area contributed by atoms with Crippen LogP contribution in [0.15, 0.2) is 36.7 Å². The highest BCUT2D eigenvalue weighted by Crippen LogP contribution is 2.32. The van der Waals surface area contributed by atoms with Crippen LogP contribution in [0.5, 0.6) is 5.75 Å². The van der Waals surface area contributed by atoms with Gasteiger partial charge in [0, 0.05) is 44.6 Å². The molecule has 1 fully saturated rings. The van der Waals surface area contributed by atoms with Gasteiger partial charge in [0.1, 0.15) is 5.75 Å². The predicted molar refractivity (Wildman–Crippen MR) is 108 cm³/mol. The van der Waals surface area contributed by atoms with Crippen LogP contribution in [0, 0.1) is 0 Å². The number of aromatic nitrogens is 1.